The number of amides is 1. The number of ether oxygens (including phenoxy) is 1. The molecule has 4 nitrogen and oxygen atoms in total. The number of hydrogen-bond donors (Lipinski definition) is 1. The molecule has 0 spiro atoms. The van der Waals surface area contributed by atoms with Crippen LogP contribution in [0.5, 0.6) is 5.75 Å². The number of benzene rings is 2. The number of nitrogens with zero attached hydrogens (tertiary/aromatic N) is 1. The first-order valence-electron chi connectivity index (χ1n) is 8.28. The van der Waals surface area contributed by atoms with Crippen LogP contribution in [0, 0.1) is 0 Å². The van der Waals surface area contributed by atoms with Crippen molar-refractivity contribution in [1.29, 1.82) is 0 Å². The van der Waals surface area contributed by atoms with E-state index in [4.69, 9.17) is 16.3 Å². The Morgan fingerprint density at radius 2 is 2.08 bits per heavy atom. The first-order valence-corrected chi connectivity index (χ1v) is 10.4. The molecule has 0 radical (unpaired) electrons. The van der Waals surface area contributed by atoms with Crippen molar-refractivity contribution in [1.82, 2.24) is 4.98 Å². The summed E-state index contributed by atoms with van der Waals surface area (Å²) in [5, 5.41) is 4.17. The van der Waals surface area contributed by atoms with E-state index in [1.165, 1.54) is 11.3 Å². The van der Waals surface area contributed by atoms with E-state index in [1.807, 2.05) is 49.4 Å². The monoisotopic (exact) mass is 452 g/mol. The number of aromatic nitrogens is 1. The zero-order valence-corrected chi connectivity index (χ0v) is 17.3. The summed E-state index contributed by atoms with van der Waals surface area (Å²) >= 11 is 10.7. The van der Waals surface area contributed by atoms with Gasteiger partial charge < -0.3 is 10.1 Å². The van der Waals surface area contributed by atoms with E-state index < -0.39 is 0 Å². The minimum absolute atomic E-state index is 0.0647. The van der Waals surface area contributed by atoms with Crippen LogP contribution in [0.25, 0.3) is 10.2 Å². The minimum Gasteiger partial charge on any atom is -0.489 e. The van der Waals surface area contributed by atoms with Crippen LogP contribution < -0.4 is 10.1 Å². The Bertz CT molecular complexity index is 898. The van der Waals surface area contributed by atoms with Gasteiger partial charge >= 0.3 is 0 Å². The second-order valence-electron chi connectivity index (χ2n) is 5.81. The molecular formula is C19H18BrClN2O2S. The highest BCUT2D eigenvalue weighted by Gasteiger charge is 2.15. The number of carbonyl (C=O) groups excluding carboxylic acids is 1. The van der Waals surface area contributed by atoms with E-state index in [0.717, 1.165) is 34.4 Å². The molecule has 3 rings (SSSR count). The Balaban J connectivity index is 1.67. The second-order valence-corrected chi connectivity index (χ2v) is 8.38. The summed E-state index contributed by atoms with van der Waals surface area (Å²) in [5.41, 5.74) is 1.89. The molecule has 1 atom stereocenters. The molecule has 26 heavy (non-hydrogen) atoms. The highest BCUT2D eigenvalue weighted by atomic mass is 79.9. The first-order chi connectivity index (χ1) is 12.5. The number of alkyl halides is 1. The van der Waals surface area contributed by atoms with E-state index in [9.17, 15) is 4.79 Å². The van der Waals surface area contributed by atoms with E-state index >= 15 is 0 Å². The number of thiazole rings is 1. The Kier molecular flexibility index (Phi) is 6.51. The Labute approximate surface area is 169 Å². The summed E-state index contributed by atoms with van der Waals surface area (Å²) in [5.74, 6) is 0.698. The second kappa shape index (κ2) is 8.84. The van der Waals surface area contributed by atoms with E-state index in [1.54, 1.807) is 0 Å². The number of fused-ring (bicyclic) bond motifs is 1. The van der Waals surface area contributed by atoms with Gasteiger partial charge in [-0.1, -0.05) is 64.3 Å². The number of carbonyl (C=O) groups is 1. The predicted octanol–water partition coefficient (Wildman–Crippen LogP) is 6.03. The molecule has 0 aliphatic heterocycles. The van der Waals surface area contributed by atoms with Crippen molar-refractivity contribution in [2.24, 2.45) is 0 Å². The van der Waals surface area contributed by atoms with Gasteiger partial charge in [-0.25, -0.2) is 4.98 Å². The lowest BCUT2D eigenvalue weighted by atomic mass is 10.2. The van der Waals surface area contributed by atoms with Gasteiger partial charge in [-0.05, 0) is 42.3 Å². The summed E-state index contributed by atoms with van der Waals surface area (Å²) in [7, 11) is 0. The third-order valence-electron chi connectivity index (χ3n) is 3.74. The Morgan fingerprint density at radius 1 is 1.31 bits per heavy atom. The zero-order valence-electron chi connectivity index (χ0n) is 14.2. The molecule has 0 aliphatic carbocycles. The van der Waals surface area contributed by atoms with Crippen LogP contribution in [0.4, 0.5) is 5.13 Å². The number of nitrogens with one attached hydrogen (secondary N) is 1. The van der Waals surface area contributed by atoms with Crippen molar-refractivity contribution >= 4 is 60.1 Å². The van der Waals surface area contributed by atoms with Crippen molar-refractivity contribution in [3.63, 3.8) is 0 Å². The lowest BCUT2D eigenvalue weighted by Gasteiger charge is -2.06. The van der Waals surface area contributed by atoms with Crippen LogP contribution >= 0.6 is 38.9 Å². The molecule has 0 bridgehead atoms. The van der Waals surface area contributed by atoms with Crippen molar-refractivity contribution < 1.29 is 9.53 Å². The van der Waals surface area contributed by atoms with Crippen molar-refractivity contribution in [3.05, 3.63) is 53.1 Å². The van der Waals surface area contributed by atoms with Gasteiger partial charge in [0.1, 0.15) is 12.4 Å². The molecule has 1 amide bonds. The van der Waals surface area contributed by atoms with Crippen LogP contribution in [0.1, 0.15) is 25.3 Å². The number of hydrogen-bond acceptors (Lipinski definition) is 4. The molecule has 2 aromatic carbocycles. The van der Waals surface area contributed by atoms with Crippen LogP contribution in [0.3, 0.4) is 0 Å². The standard InChI is InChI=1S/C19H18BrClN2O2S/c1-2-3-15(20)18(24)23-19-22-16-9-8-14(10-17(16)26-19)25-11-12-4-6-13(21)7-5-12/h4-10,15H,2-3,11H2,1H3,(H,22,23,24). The van der Waals surface area contributed by atoms with Gasteiger partial charge in [0.2, 0.25) is 5.91 Å². The number of rotatable bonds is 7. The molecule has 1 heterocycles. The summed E-state index contributed by atoms with van der Waals surface area (Å²) in [4.78, 5) is 16.4. The Morgan fingerprint density at radius 3 is 2.81 bits per heavy atom. The van der Waals surface area contributed by atoms with Crippen LogP contribution in [-0.2, 0) is 11.4 Å². The summed E-state index contributed by atoms with van der Waals surface area (Å²) < 4.78 is 6.81. The predicted molar refractivity (Wildman–Crippen MR) is 112 cm³/mol. The van der Waals surface area contributed by atoms with E-state index in [-0.39, 0.29) is 10.7 Å². The molecule has 0 aliphatic rings. The van der Waals surface area contributed by atoms with Crippen molar-refractivity contribution in [2.45, 2.75) is 31.2 Å². The van der Waals surface area contributed by atoms with Gasteiger partial charge in [-0.2, -0.15) is 0 Å². The summed E-state index contributed by atoms with van der Waals surface area (Å²) in [6.45, 7) is 2.51. The van der Waals surface area contributed by atoms with E-state index in [2.05, 4.69) is 26.2 Å². The molecule has 0 fully saturated rings. The van der Waals surface area contributed by atoms with Crippen LogP contribution in [0.15, 0.2) is 42.5 Å². The number of halogens is 2. The van der Waals surface area contributed by atoms with Crippen molar-refractivity contribution in [3.8, 4) is 5.75 Å². The fraction of sp³-hybridized carbons (Fsp3) is 0.263. The fourth-order valence-corrected chi connectivity index (χ4v) is 3.96. The first kappa shape index (κ1) is 19.1. The van der Waals surface area contributed by atoms with E-state index in [0.29, 0.717) is 16.8 Å². The minimum atomic E-state index is -0.196. The zero-order chi connectivity index (χ0) is 18.5. The average molecular weight is 454 g/mol. The van der Waals surface area contributed by atoms with Crippen molar-refractivity contribution in [2.75, 3.05) is 5.32 Å². The quantitative estimate of drug-likeness (QED) is 0.444. The average Bonchev–Trinajstić information content (AvgIpc) is 3.02. The van der Waals surface area contributed by atoms with Gasteiger partial charge in [-0.15, -0.1) is 0 Å². The molecule has 1 aromatic heterocycles. The lowest BCUT2D eigenvalue weighted by Crippen LogP contribution is -2.22. The smallest absolute Gasteiger partial charge is 0.239 e. The molecule has 1 unspecified atom stereocenters. The van der Waals surface area contributed by atoms with Crippen LogP contribution in [-0.4, -0.2) is 15.7 Å². The topological polar surface area (TPSA) is 51.2 Å². The van der Waals surface area contributed by atoms with Gasteiger partial charge in [0, 0.05) is 5.02 Å². The van der Waals surface area contributed by atoms with Gasteiger partial charge in [-0.3, -0.25) is 4.79 Å². The Hall–Kier alpha value is -1.63. The molecule has 136 valence electrons. The highest BCUT2D eigenvalue weighted by molar-refractivity contribution is 9.10. The van der Waals surface area contributed by atoms with Gasteiger partial charge in [0.25, 0.3) is 0 Å². The number of anilines is 1. The third-order valence-corrected chi connectivity index (χ3v) is 5.79. The summed E-state index contributed by atoms with van der Waals surface area (Å²) in [6.07, 6.45) is 1.73. The maximum Gasteiger partial charge on any atom is 0.239 e. The molecule has 0 saturated carbocycles. The fourth-order valence-electron chi connectivity index (χ4n) is 2.36. The molecule has 7 heteroatoms. The molecule has 0 saturated heterocycles. The maximum absolute atomic E-state index is 12.1. The van der Waals surface area contributed by atoms with Gasteiger partial charge in [0.15, 0.2) is 5.13 Å². The maximum atomic E-state index is 12.1. The normalized spacial score (nSPS) is 12.1. The molecular weight excluding hydrogens is 436 g/mol. The highest BCUT2D eigenvalue weighted by Crippen LogP contribution is 2.30. The summed E-state index contributed by atoms with van der Waals surface area (Å²) in [6, 6.07) is 13.3. The largest absolute Gasteiger partial charge is 0.489 e. The lowest BCUT2D eigenvalue weighted by molar-refractivity contribution is -0.115. The molecule has 1 N–H and O–H groups in total. The molecule has 3 aromatic rings. The van der Waals surface area contributed by atoms with Gasteiger partial charge in [0.05, 0.1) is 15.0 Å². The third kappa shape index (κ3) is 4.96. The van der Waals surface area contributed by atoms with Crippen LogP contribution in [0.2, 0.25) is 5.02 Å². The SMILES string of the molecule is CCCC(Br)C(=O)Nc1nc2ccc(OCc3ccc(Cl)cc3)cc2s1.